The summed E-state index contributed by atoms with van der Waals surface area (Å²) in [5, 5.41) is 8.12. The fourth-order valence-electron chi connectivity index (χ4n) is 15.2. The molecule has 0 aromatic heterocycles. The van der Waals surface area contributed by atoms with E-state index in [9.17, 15) is 0 Å². The smallest absolute Gasteiger partial charge is 0.0164 e. The molecule has 0 nitrogen and oxygen atoms in total. The van der Waals surface area contributed by atoms with Gasteiger partial charge in [0.1, 0.15) is 0 Å². The minimum absolute atomic E-state index is 0.140. The molecule has 0 saturated heterocycles. The maximum Gasteiger partial charge on any atom is 0.0164 e. The molecule has 3 aliphatic carbocycles. The molecule has 0 N–H and O–H groups in total. The van der Waals surface area contributed by atoms with Crippen LogP contribution in [0.4, 0.5) is 0 Å². The average Bonchev–Trinajstić information content (AvgIpc) is 1.67. The molecule has 0 bridgehead atoms. The second-order valence-electron chi connectivity index (χ2n) is 30.5. The lowest BCUT2D eigenvalue weighted by molar-refractivity contribution is 0.651. The zero-order chi connectivity index (χ0) is 109. The van der Waals surface area contributed by atoms with Crippen molar-refractivity contribution in [3.05, 3.63) is 428 Å². The van der Waals surface area contributed by atoms with E-state index >= 15 is 0 Å². The molecule has 0 radical (unpaired) electrons. The molecule has 15 aromatic carbocycles. The first-order valence-electron chi connectivity index (χ1n) is 54.4. The number of hydrogen-bond donors (Lipinski definition) is 0. The van der Waals surface area contributed by atoms with Crippen LogP contribution in [0.2, 0.25) is 0 Å². The van der Waals surface area contributed by atoms with Gasteiger partial charge < -0.3 is 0 Å². The van der Waals surface area contributed by atoms with Gasteiger partial charge in [0.15, 0.2) is 0 Å². The quantitative estimate of drug-likeness (QED) is 0.133. The highest BCUT2D eigenvalue weighted by molar-refractivity contribution is 6.25. The van der Waals surface area contributed by atoms with Gasteiger partial charge in [-0.2, -0.15) is 0 Å². The lowest BCUT2D eigenvalue weighted by Crippen LogP contribution is -2.17. The first-order chi connectivity index (χ1) is 67.3. The van der Waals surface area contributed by atoms with E-state index in [2.05, 4.69) is 343 Å². The van der Waals surface area contributed by atoms with Gasteiger partial charge in [0.05, 0.1) is 0 Å². The van der Waals surface area contributed by atoms with Crippen LogP contribution in [0.25, 0.3) is 65.7 Å². The van der Waals surface area contributed by atoms with Crippen LogP contribution in [-0.4, -0.2) is 0 Å². The first kappa shape index (κ1) is 143. The lowest BCUT2D eigenvalue weighted by Gasteiger charge is -2.24. The molecular weight excluding hydrogens is 1670 g/mol. The van der Waals surface area contributed by atoms with Crippen LogP contribution >= 0.6 is 0 Å². The molecule has 0 unspecified atom stereocenters. The van der Waals surface area contributed by atoms with Gasteiger partial charge in [0.2, 0.25) is 0 Å². The summed E-state index contributed by atoms with van der Waals surface area (Å²) in [6, 6.07) is 116. The van der Waals surface area contributed by atoms with Gasteiger partial charge in [-0.3, -0.25) is 0 Å². The average molecular weight is 1880 g/mol. The third-order valence-electron chi connectivity index (χ3n) is 20.6. The molecule has 0 fully saturated rings. The highest BCUT2D eigenvalue weighted by atomic mass is 14.4. The molecular formula is C139H210. The molecule has 3 aliphatic rings. The van der Waals surface area contributed by atoms with Crippen molar-refractivity contribution < 1.29 is 0 Å². The number of benzene rings is 15. The fraction of sp³-hybridized carbons (Fsp3) is 0.396. The second-order valence-corrected chi connectivity index (χ2v) is 30.5. The molecule has 0 amide bonds. The van der Waals surface area contributed by atoms with Crippen molar-refractivity contribution in [1.29, 1.82) is 0 Å². The van der Waals surface area contributed by atoms with E-state index < -0.39 is 0 Å². The largest absolute Gasteiger partial charge is 0.0683 e. The monoisotopic (exact) mass is 1880 g/mol. The van der Waals surface area contributed by atoms with E-state index in [1.165, 1.54) is 166 Å². The summed E-state index contributed by atoms with van der Waals surface area (Å²) < 4.78 is 0. The Balaban J connectivity index is -0.000000227. The number of aryl methyl sites for hydroxylation is 12. The van der Waals surface area contributed by atoms with Crippen molar-refractivity contribution in [2.45, 2.75) is 376 Å². The van der Waals surface area contributed by atoms with E-state index in [1.54, 1.807) is 0 Å². The molecule has 0 heteroatoms. The molecule has 0 spiro atoms. The Kier molecular flexibility index (Phi) is 91.3. The highest BCUT2D eigenvalue weighted by Gasteiger charge is 2.38. The standard InChI is InChI=1S/C20H16.3C17H18.4C7H8.C6H6.17C2H6/c1-13-7-9-17-18-10-8-14(2)12-20(18)16-6-4-3-5-15(16)19(17)11-13;1-11-6-8-15-14(9-11)13-7-5-12(2)10-16(13)17(15,3)4;1-11-5-7-13-14-8-6-12(2)10-16(14)17(3,4)15(13)9-11;1-11-7-5-9-13-14-10-6-8-12(2)16(14)17(3,4)15(11)13;4*1-7-5-3-2-4-6-7;1-2-4-6-5-3-1;17*1-2/h3-12H,1-2H3;3*5-10H,1-4H3;4*2-6H,1H3;1-6H;17*1-2H3. The molecule has 0 aliphatic heterocycles. The Morgan fingerprint density at radius 1 is 0.122 bits per heavy atom. The Labute approximate surface area is 863 Å². The first-order valence-corrected chi connectivity index (χ1v) is 54.4. The highest BCUT2D eigenvalue weighted by Crippen LogP contribution is 2.53. The van der Waals surface area contributed by atoms with Crippen molar-refractivity contribution in [2.24, 2.45) is 0 Å². The summed E-state index contributed by atoms with van der Waals surface area (Å²) in [7, 11) is 0. The van der Waals surface area contributed by atoms with Crippen molar-refractivity contribution in [3.63, 3.8) is 0 Å². The van der Waals surface area contributed by atoms with Crippen molar-refractivity contribution in [2.75, 3.05) is 0 Å². The van der Waals surface area contributed by atoms with E-state index in [1.807, 2.05) is 345 Å². The maximum absolute atomic E-state index is 2.34. The molecule has 15 aromatic rings. The summed E-state index contributed by atoms with van der Waals surface area (Å²) in [6.45, 7) is 108. The number of hydrogen-bond acceptors (Lipinski definition) is 0. The third kappa shape index (κ3) is 47.7. The van der Waals surface area contributed by atoms with E-state index in [4.69, 9.17) is 0 Å². The summed E-state index contributed by atoms with van der Waals surface area (Å²) >= 11 is 0. The Morgan fingerprint density at radius 3 is 0.561 bits per heavy atom. The van der Waals surface area contributed by atoms with Crippen LogP contribution < -0.4 is 0 Å². The molecule has 18 rings (SSSR count). The second kappa shape index (κ2) is 88.5. The predicted octanol–water partition coefficient (Wildman–Crippen LogP) is 46.7. The zero-order valence-corrected chi connectivity index (χ0v) is 99.7. The van der Waals surface area contributed by atoms with E-state index in [0.717, 1.165) is 0 Å². The van der Waals surface area contributed by atoms with E-state index in [0.29, 0.717) is 0 Å². The van der Waals surface area contributed by atoms with Gasteiger partial charge in [0, 0.05) is 16.2 Å². The van der Waals surface area contributed by atoms with Gasteiger partial charge in [-0.25, -0.2) is 0 Å². The van der Waals surface area contributed by atoms with Gasteiger partial charge in [0.25, 0.3) is 0 Å². The van der Waals surface area contributed by atoms with Gasteiger partial charge in [-0.05, 0) is 193 Å². The molecule has 139 heavy (non-hydrogen) atoms. The normalized spacial score (nSPS) is 10.2. The lowest BCUT2D eigenvalue weighted by atomic mass is 9.79. The predicted molar refractivity (Wildman–Crippen MR) is 653 cm³/mol. The fourth-order valence-corrected chi connectivity index (χ4v) is 15.2. The summed E-state index contributed by atoms with van der Waals surface area (Å²) in [5.41, 5.74) is 33.9. The summed E-state index contributed by atoms with van der Waals surface area (Å²) in [4.78, 5) is 0. The number of fused-ring (bicyclic) bond motifs is 15. The molecule has 0 atom stereocenters. The molecule has 766 valence electrons. The van der Waals surface area contributed by atoms with E-state index in [-0.39, 0.29) is 16.2 Å². The zero-order valence-electron chi connectivity index (χ0n) is 99.7. The van der Waals surface area contributed by atoms with Crippen LogP contribution in [0.1, 0.15) is 377 Å². The van der Waals surface area contributed by atoms with Crippen LogP contribution in [0.15, 0.2) is 328 Å². The number of rotatable bonds is 0. The Hall–Kier alpha value is -10.9. The van der Waals surface area contributed by atoms with Crippen molar-refractivity contribution in [3.8, 4) is 33.4 Å². The minimum atomic E-state index is 0.140. The van der Waals surface area contributed by atoms with Crippen LogP contribution in [0, 0.1) is 83.1 Å². The van der Waals surface area contributed by atoms with Crippen LogP contribution in [0.5, 0.6) is 0 Å². The Morgan fingerprint density at radius 2 is 0.317 bits per heavy atom. The van der Waals surface area contributed by atoms with Gasteiger partial charge in [-0.15, -0.1) is 0 Å². The van der Waals surface area contributed by atoms with Crippen LogP contribution in [-0.2, 0) is 16.2 Å². The minimum Gasteiger partial charge on any atom is -0.0683 e. The van der Waals surface area contributed by atoms with Crippen molar-refractivity contribution >= 4 is 32.3 Å². The maximum atomic E-state index is 2.34. The SMILES string of the molecule is CC.CC.CC.CC.CC.CC.CC.CC.CC.CC.CC.CC.CC.CC.CC.CC.CC.Cc1ccc2c(c1)-c1ccc(C)cc1C2(C)C.Cc1ccc2c(c1)C(C)(C)c1cc(C)ccc1-2.Cc1ccc2c3ccc(C)cc3c3ccccc3c2c1.Cc1cccc2c1C(C)(C)c1c(C)cccc1-2.Cc1ccccc1.Cc1ccccc1.Cc1ccccc1.Cc1ccccc1.c1ccccc1. The van der Waals surface area contributed by atoms with Crippen molar-refractivity contribution in [1.82, 2.24) is 0 Å². The third-order valence-corrected chi connectivity index (χ3v) is 20.6. The topological polar surface area (TPSA) is 0 Å². The molecule has 0 heterocycles. The van der Waals surface area contributed by atoms with Gasteiger partial charge >= 0.3 is 0 Å². The van der Waals surface area contributed by atoms with Gasteiger partial charge in [-0.1, -0.05) is 660 Å². The summed E-state index contributed by atoms with van der Waals surface area (Å²) in [5.74, 6) is 0. The Bertz CT molecular complexity index is 4980. The van der Waals surface area contributed by atoms with Crippen LogP contribution in [0.3, 0.4) is 0 Å². The summed E-state index contributed by atoms with van der Waals surface area (Å²) in [6.07, 6.45) is 0. The molecule has 0 saturated carbocycles.